The first-order chi connectivity index (χ1) is 12.0. The van der Waals surface area contributed by atoms with E-state index in [-0.39, 0.29) is 24.2 Å². The number of carboxylic acid groups (broad SMARTS) is 1. The molecule has 25 heavy (non-hydrogen) atoms. The van der Waals surface area contributed by atoms with Crippen LogP contribution < -0.4 is 4.74 Å². The Morgan fingerprint density at radius 1 is 1.24 bits per heavy atom. The summed E-state index contributed by atoms with van der Waals surface area (Å²) in [4.78, 5) is 10.9. The molecule has 0 radical (unpaired) electrons. The van der Waals surface area contributed by atoms with Crippen LogP contribution >= 0.6 is 15.9 Å². The molecule has 7 heteroatoms. The molecule has 3 rings (SSSR count). The molecule has 1 heterocycles. The van der Waals surface area contributed by atoms with Crippen LogP contribution in [0.2, 0.25) is 0 Å². The molecule has 0 amide bonds. The van der Waals surface area contributed by atoms with Gasteiger partial charge in [0.05, 0.1) is 18.2 Å². The predicted molar refractivity (Wildman–Crippen MR) is 91.0 cm³/mol. The summed E-state index contributed by atoms with van der Waals surface area (Å²) in [6.45, 7) is 0.0722. The second-order valence-corrected chi connectivity index (χ2v) is 6.32. The molecule has 0 spiro atoms. The summed E-state index contributed by atoms with van der Waals surface area (Å²) < 4.78 is 37.8. The van der Waals surface area contributed by atoms with Crippen molar-refractivity contribution < 1.29 is 27.8 Å². The van der Waals surface area contributed by atoms with Gasteiger partial charge in [0, 0.05) is 21.0 Å². The Hall–Kier alpha value is -2.41. The number of hydrogen-bond donors (Lipinski definition) is 1. The van der Waals surface area contributed by atoms with Crippen molar-refractivity contribution in [1.82, 2.24) is 0 Å². The first-order valence-electron chi connectivity index (χ1n) is 7.36. The number of carboxylic acids is 1. The van der Waals surface area contributed by atoms with Crippen molar-refractivity contribution in [3.05, 3.63) is 63.8 Å². The number of alkyl halides is 2. The minimum absolute atomic E-state index is 0.0722. The molecular weight excluding hydrogens is 398 g/mol. The average Bonchev–Trinajstić information content (AvgIpc) is 2.95. The summed E-state index contributed by atoms with van der Waals surface area (Å²) >= 11 is 3.22. The fraction of sp³-hybridized carbons (Fsp3) is 0.167. The van der Waals surface area contributed by atoms with Crippen molar-refractivity contribution in [2.45, 2.75) is 19.5 Å². The van der Waals surface area contributed by atoms with Crippen molar-refractivity contribution in [2.24, 2.45) is 0 Å². The Balaban J connectivity index is 1.89. The van der Waals surface area contributed by atoms with Crippen molar-refractivity contribution in [1.29, 1.82) is 0 Å². The number of aliphatic carboxylic acids is 1. The van der Waals surface area contributed by atoms with Gasteiger partial charge in [-0.2, -0.15) is 0 Å². The zero-order valence-corrected chi connectivity index (χ0v) is 14.4. The number of furan rings is 1. The Bertz CT molecular complexity index is 921. The SMILES string of the molecule is O=C(O)Cc1ccccc1OCc1coc2c(C(F)F)cc(Br)cc12. The molecule has 0 aliphatic heterocycles. The van der Waals surface area contributed by atoms with Crippen LogP contribution in [-0.2, 0) is 17.8 Å². The number of hydrogen-bond acceptors (Lipinski definition) is 3. The molecule has 0 fully saturated rings. The van der Waals surface area contributed by atoms with E-state index >= 15 is 0 Å². The van der Waals surface area contributed by atoms with Crippen molar-refractivity contribution >= 4 is 32.9 Å². The van der Waals surface area contributed by atoms with Crippen LogP contribution in [0.25, 0.3) is 11.0 Å². The van der Waals surface area contributed by atoms with E-state index in [0.29, 0.717) is 26.7 Å². The van der Waals surface area contributed by atoms with Crippen LogP contribution in [0, 0.1) is 0 Å². The zero-order valence-electron chi connectivity index (χ0n) is 12.8. The Morgan fingerprint density at radius 2 is 2.00 bits per heavy atom. The van der Waals surface area contributed by atoms with E-state index in [1.165, 1.54) is 12.3 Å². The molecule has 4 nitrogen and oxygen atoms in total. The quantitative estimate of drug-likeness (QED) is 0.595. The summed E-state index contributed by atoms with van der Waals surface area (Å²) in [5, 5.41) is 9.48. The number of carbonyl (C=O) groups is 1. The topological polar surface area (TPSA) is 59.7 Å². The molecule has 0 saturated carbocycles. The zero-order chi connectivity index (χ0) is 18.0. The van der Waals surface area contributed by atoms with Gasteiger partial charge in [-0.15, -0.1) is 0 Å². The number of benzene rings is 2. The van der Waals surface area contributed by atoms with E-state index < -0.39 is 12.4 Å². The minimum atomic E-state index is -2.66. The Morgan fingerprint density at radius 3 is 2.72 bits per heavy atom. The second-order valence-electron chi connectivity index (χ2n) is 5.40. The fourth-order valence-electron chi connectivity index (χ4n) is 2.56. The van der Waals surface area contributed by atoms with E-state index in [1.807, 2.05) is 0 Å². The van der Waals surface area contributed by atoms with Crippen molar-refractivity contribution in [3.8, 4) is 5.75 Å². The summed E-state index contributed by atoms with van der Waals surface area (Å²) in [6, 6.07) is 9.81. The van der Waals surface area contributed by atoms with Crippen molar-refractivity contribution in [3.63, 3.8) is 0 Å². The molecule has 3 aromatic rings. The van der Waals surface area contributed by atoms with Crippen LogP contribution in [0.3, 0.4) is 0 Å². The smallest absolute Gasteiger partial charge is 0.307 e. The lowest BCUT2D eigenvalue weighted by Crippen LogP contribution is -2.04. The molecule has 130 valence electrons. The number of ether oxygens (including phenoxy) is 1. The number of rotatable bonds is 6. The van der Waals surface area contributed by atoms with Gasteiger partial charge < -0.3 is 14.3 Å². The van der Waals surface area contributed by atoms with Gasteiger partial charge in [0.2, 0.25) is 0 Å². The third kappa shape index (κ3) is 3.82. The number of fused-ring (bicyclic) bond motifs is 1. The summed E-state index contributed by atoms with van der Waals surface area (Å²) in [5.74, 6) is -0.529. The third-order valence-corrected chi connectivity index (χ3v) is 4.14. The van der Waals surface area contributed by atoms with E-state index in [0.717, 1.165) is 0 Å². The van der Waals surface area contributed by atoms with Gasteiger partial charge in [0.15, 0.2) is 0 Å². The van der Waals surface area contributed by atoms with E-state index in [9.17, 15) is 13.6 Å². The van der Waals surface area contributed by atoms with Gasteiger partial charge in [-0.05, 0) is 18.2 Å². The van der Waals surface area contributed by atoms with Crippen LogP contribution in [0.4, 0.5) is 8.78 Å². The monoisotopic (exact) mass is 410 g/mol. The molecule has 0 bridgehead atoms. The highest BCUT2D eigenvalue weighted by Gasteiger charge is 2.18. The number of halogens is 3. The molecule has 0 saturated heterocycles. The number of para-hydroxylation sites is 1. The minimum Gasteiger partial charge on any atom is -0.488 e. The average molecular weight is 411 g/mol. The molecule has 0 unspecified atom stereocenters. The van der Waals surface area contributed by atoms with E-state index in [4.69, 9.17) is 14.3 Å². The lowest BCUT2D eigenvalue weighted by atomic mass is 10.1. The maximum atomic E-state index is 13.1. The Labute approximate surface area is 150 Å². The van der Waals surface area contributed by atoms with Gasteiger partial charge in [0.25, 0.3) is 6.43 Å². The van der Waals surface area contributed by atoms with Gasteiger partial charge >= 0.3 is 5.97 Å². The maximum absolute atomic E-state index is 13.1. The van der Waals surface area contributed by atoms with Gasteiger partial charge in [-0.1, -0.05) is 34.1 Å². The summed E-state index contributed by atoms with van der Waals surface area (Å²) in [6.07, 6.45) is -1.44. The first kappa shape index (κ1) is 17.4. The largest absolute Gasteiger partial charge is 0.488 e. The second kappa shape index (κ2) is 7.23. The predicted octanol–water partition coefficient (Wildman–Crippen LogP) is 5.34. The highest BCUT2D eigenvalue weighted by atomic mass is 79.9. The molecule has 1 N–H and O–H groups in total. The molecular formula is C18H13BrF2O4. The van der Waals surface area contributed by atoms with Crippen LogP contribution in [0.1, 0.15) is 23.1 Å². The molecule has 0 aliphatic rings. The normalized spacial score (nSPS) is 11.2. The standard InChI is InChI=1S/C18H13BrF2O4/c19-12-6-13-11(9-25-17(13)14(7-12)18(20)21)8-24-15-4-2-1-3-10(15)5-16(22)23/h1-4,6-7,9,18H,5,8H2,(H,22,23). The van der Waals surface area contributed by atoms with Crippen LogP contribution in [-0.4, -0.2) is 11.1 Å². The van der Waals surface area contributed by atoms with Crippen LogP contribution in [0.15, 0.2) is 51.6 Å². The van der Waals surface area contributed by atoms with Gasteiger partial charge in [0.1, 0.15) is 17.9 Å². The first-order valence-corrected chi connectivity index (χ1v) is 8.15. The lowest BCUT2D eigenvalue weighted by molar-refractivity contribution is -0.136. The molecule has 0 aliphatic carbocycles. The third-order valence-electron chi connectivity index (χ3n) is 3.68. The lowest BCUT2D eigenvalue weighted by Gasteiger charge is -2.09. The summed E-state index contributed by atoms with van der Waals surface area (Å²) in [5.41, 5.74) is 1.07. The van der Waals surface area contributed by atoms with Crippen LogP contribution in [0.5, 0.6) is 5.75 Å². The van der Waals surface area contributed by atoms with Crippen molar-refractivity contribution in [2.75, 3.05) is 0 Å². The molecule has 1 aromatic heterocycles. The van der Waals surface area contributed by atoms with E-state index in [2.05, 4.69) is 15.9 Å². The van der Waals surface area contributed by atoms with Gasteiger partial charge in [-0.3, -0.25) is 4.79 Å². The fourth-order valence-corrected chi connectivity index (χ4v) is 3.04. The highest BCUT2D eigenvalue weighted by Crippen LogP contribution is 2.34. The molecule has 0 atom stereocenters. The van der Waals surface area contributed by atoms with Gasteiger partial charge in [-0.25, -0.2) is 8.78 Å². The summed E-state index contributed by atoms with van der Waals surface area (Å²) in [7, 11) is 0. The Kier molecular flexibility index (Phi) is 5.03. The van der Waals surface area contributed by atoms with E-state index in [1.54, 1.807) is 30.3 Å². The highest BCUT2D eigenvalue weighted by molar-refractivity contribution is 9.10. The molecule has 2 aromatic carbocycles. The maximum Gasteiger partial charge on any atom is 0.307 e.